The van der Waals surface area contributed by atoms with Crippen molar-refractivity contribution in [1.82, 2.24) is 29.3 Å². The first-order valence-corrected chi connectivity index (χ1v) is 12.5. The van der Waals surface area contributed by atoms with Crippen LogP contribution in [0, 0.1) is 0 Å². The number of imidazole rings is 1. The highest BCUT2D eigenvalue weighted by atomic mass is 19.3. The lowest BCUT2D eigenvalue weighted by Crippen LogP contribution is -2.22. The quantitative estimate of drug-likeness (QED) is 0.326. The second kappa shape index (κ2) is 10.2. The summed E-state index contributed by atoms with van der Waals surface area (Å²) in [5.74, 6) is 0.852. The minimum Gasteiger partial charge on any atom is -0.455 e. The molecule has 1 saturated heterocycles. The fourth-order valence-corrected chi connectivity index (χ4v) is 4.56. The van der Waals surface area contributed by atoms with E-state index in [1.807, 2.05) is 10.7 Å². The van der Waals surface area contributed by atoms with Gasteiger partial charge >= 0.3 is 0 Å². The first kappa shape index (κ1) is 26.5. The molecule has 4 aromatic heterocycles. The molecule has 11 nitrogen and oxygen atoms in total. The van der Waals surface area contributed by atoms with E-state index in [0.717, 1.165) is 12.1 Å². The largest absolute Gasteiger partial charge is 0.455 e. The predicted octanol–water partition coefficient (Wildman–Crippen LogP) is 5.25. The molecule has 5 rings (SSSR count). The molecule has 1 aliphatic rings. The van der Waals surface area contributed by atoms with Crippen molar-refractivity contribution in [3.8, 4) is 11.5 Å². The van der Waals surface area contributed by atoms with Gasteiger partial charge in [-0.1, -0.05) is 20.8 Å². The van der Waals surface area contributed by atoms with E-state index in [4.69, 9.17) is 14.6 Å². The van der Waals surface area contributed by atoms with E-state index in [-0.39, 0.29) is 51.4 Å². The van der Waals surface area contributed by atoms with Crippen molar-refractivity contribution in [3.05, 3.63) is 41.9 Å². The summed E-state index contributed by atoms with van der Waals surface area (Å²) in [6.07, 6.45) is 0.610. The van der Waals surface area contributed by atoms with E-state index < -0.39 is 6.43 Å². The first-order chi connectivity index (χ1) is 18.5. The monoisotopic (exact) mass is 540 g/mol. The highest BCUT2D eigenvalue weighted by Gasteiger charge is 2.29. The van der Waals surface area contributed by atoms with Gasteiger partial charge in [-0.3, -0.25) is 9.48 Å². The second-order valence-electron chi connectivity index (χ2n) is 10.4. The molecule has 1 amide bonds. The Morgan fingerprint density at radius 3 is 2.69 bits per heavy atom. The summed E-state index contributed by atoms with van der Waals surface area (Å²) >= 11 is 0. The number of pyridine rings is 2. The summed E-state index contributed by atoms with van der Waals surface area (Å²) in [6, 6.07) is 5.01. The van der Waals surface area contributed by atoms with E-state index in [1.165, 1.54) is 36.0 Å². The minimum absolute atomic E-state index is 0.126. The Morgan fingerprint density at radius 2 is 2.03 bits per heavy atom. The molecule has 0 aromatic carbocycles. The van der Waals surface area contributed by atoms with Gasteiger partial charge in [0, 0.05) is 50.0 Å². The molecule has 0 saturated carbocycles. The van der Waals surface area contributed by atoms with E-state index in [2.05, 4.69) is 46.4 Å². The molecule has 39 heavy (non-hydrogen) atoms. The summed E-state index contributed by atoms with van der Waals surface area (Å²) in [6.45, 7) is 8.94. The standard InChI is InChI=1S/C26H30F2N8O3/c1-14(37)31-19-10-16(6-8-29-19)39-17-12-30-24-22(21(17)23(27)28)35(5)25(33-24)32-20-11-18(26(2,3)4)36(34-20)15-7-9-38-13-15/h6,8,10-12,15,23H,7,9,13H2,1-5H3,(H,29,31,37)(H,30,32,33,34)/t15-/m1/s1. The first-order valence-electron chi connectivity index (χ1n) is 12.5. The smallest absolute Gasteiger partial charge is 0.269 e. The summed E-state index contributed by atoms with van der Waals surface area (Å²) in [5.41, 5.74) is 0.754. The van der Waals surface area contributed by atoms with E-state index in [1.54, 1.807) is 7.05 Å². The Bertz CT molecular complexity index is 1520. The molecule has 2 N–H and O–H groups in total. The molecule has 1 atom stereocenters. The normalized spacial score (nSPS) is 15.7. The molecule has 0 bridgehead atoms. The van der Waals surface area contributed by atoms with Gasteiger partial charge in [-0.2, -0.15) is 10.1 Å². The molecule has 1 aliphatic heterocycles. The van der Waals surface area contributed by atoms with Crippen LogP contribution in [0.5, 0.6) is 11.5 Å². The Morgan fingerprint density at radius 1 is 1.23 bits per heavy atom. The number of hydrogen-bond acceptors (Lipinski definition) is 8. The maximum atomic E-state index is 14.4. The number of aromatic nitrogens is 6. The number of ether oxygens (including phenoxy) is 2. The van der Waals surface area contributed by atoms with Crippen LogP contribution >= 0.6 is 0 Å². The Balaban J connectivity index is 1.50. The number of anilines is 3. The maximum absolute atomic E-state index is 14.4. The number of amides is 1. The molecule has 206 valence electrons. The van der Waals surface area contributed by atoms with E-state index >= 15 is 0 Å². The molecular formula is C26H30F2N8O3. The highest BCUT2D eigenvalue weighted by molar-refractivity contribution is 5.87. The number of fused-ring (bicyclic) bond motifs is 1. The van der Waals surface area contributed by atoms with Crippen LogP contribution in [0.25, 0.3) is 11.2 Å². The SMILES string of the molecule is CC(=O)Nc1cc(Oc2cnc3nc(Nc4cc(C(C)(C)C)n([C@@H]5CCOC5)n4)n(C)c3c2C(F)F)ccn1. The van der Waals surface area contributed by atoms with Crippen LogP contribution in [0.1, 0.15) is 57.8 Å². The van der Waals surface area contributed by atoms with Gasteiger partial charge < -0.3 is 24.7 Å². The number of carbonyl (C=O) groups is 1. The average molecular weight is 541 g/mol. The second-order valence-corrected chi connectivity index (χ2v) is 10.4. The van der Waals surface area contributed by atoms with Crippen molar-refractivity contribution in [1.29, 1.82) is 0 Å². The van der Waals surface area contributed by atoms with Gasteiger partial charge in [0.25, 0.3) is 6.43 Å². The van der Waals surface area contributed by atoms with Crippen molar-refractivity contribution in [2.45, 2.75) is 52.0 Å². The van der Waals surface area contributed by atoms with Crippen molar-refractivity contribution in [2.24, 2.45) is 7.05 Å². The zero-order valence-electron chi connectivity index (χ0n) is 22.3. The third-order valence-electron chi connectivity index (χ3n) is 6.38. The van der Waals surface area contributed by atoms with Gasteiger partial charge in [-0.05, 0) is 12.5 Å². The van der Waals surface area contributed by atoms with Crippen LogP contribution in [-0.4, -0.2) is 48.4 Å². The average Bonchev–Trinajstić information content (AvgIpc) is 3.59. The Kier molecular flexibility index (Phi) is 6.93. The van der Waals surface area contributed by atoms with E-state index in [9.17, 15) is 13.6 Å². The number of alkyl halides is 2. The van der Waals surface area contributed by atoms with Gasteiger partial charge in [0.1, 0.15) is 17.1 Å². The maximum Gasteiger partial charge on any atom is 0.269 e. The number of aryl methyl sites for hydroxylation is 1. The fraction of sp³-hybridized carbons (Fsp3) is 0.423. The molecule has 0 unspecified atom stereocenters. The topological polar surface area (TPSA) is 121 Å². The summed E-state index contributed by atoms with van der Waals surface area (Å²) in [5, 5.41) is 10.5. The van der Waals surface area contributed by atoms with Crippen LogP contribution in [0.4, 0.5) is 26.4 Å². The number of carbonyl (C=O) groups excluding carboxylic acids is 1. The molecular weight excluding hydrogens is 510 g/mol. The summed E-state index contributed by atoms with van der Waals surface area (Å²) in [7, 11) is 1.63. The molecule has 1 fully saturated rings. The fourth-order valence-electron chi connectivity index (χ4n) is 4.56. The van der Waals surface area contributed by atoms with Crippen LogP contribution in [-0.2, 0) is 22.0 Å². The molecule has 4 aromatic rings. The lowest BCUT2D eigenvalue weighted by atomic mass is 9.91. The van der Waals surface area contributed by atoms with Gasteiger partial charge in [0.05, 0.1) is 24.4 Å². The number of halogens is 2. The molecule has 5 heterocycles. The number of nitrogens with zero attached hydrogens (tertiary/aromatic N) is 6. The summed E-state index contributed by atoms with van der Waals surface area (Å²) < 4.78 is 43.7. The Hall–Kier alpha value is -4.13. The van der Waals surface area contributed by atoms with Crippen LogP contribution in [0.2, 0.25) is 0 Å². The van der Waals surface area contributed by atoms with Gasteiger partial charge in [-0.25, -0.2) is 18.7 Å². The zero-order valence-corrected chi connectivity index (χ0v) is 22.3. The number of rotatable bonds is 7. The molecule has 0 aliphatic carbocycles. The lowest BCUT2D eigenvalue weighted by molar-refractivity contribution is -0.114. The number of hydrogen-bond donors (Lipinski definition) is 2. The predicted molar refractivity (Wildman–Crippen MR) is 141 cm³/mol. The van der Waals surface area contributed by atoms with Crippen LogP contribution < -0.4 is 15.4 Å². The number of nitrogens with one attached hydrogen (secondary N) is 2. The van der Waals surface area contributed by atoms with Gasteiger partial charge in [0.2, 0.25) is 11.9 Å². The summed E-state index contributed by atoms with van der Waals surface area (Å²) in [4.78, 5) is 24.1. The highest BCUT2D eigenvalue weighted by Crippen LogP contribution is 2.38. The lowest BCUT2D eigenvalue weighted by Gasteiger charge is -2.22. The van der Waals surface area contributed by atoms with Crippen molar-refractivity contribution < 1.29 is 23.0 Å². The van der Waals surface area contributed by atoms with Crippen molar-refractivity contribution >= 4 is 34.7 Å². The van der Waals surface area contributed by atoms with E-state index in [0.29, 0.717) is 25.0 Å². The van der Waals surface area contributed by atoms with Crippen LogP contribution in [0.15, 0.2) is 30.6 Å². The van der Waals surface area contributed by atoms with Gasteiger partial charge in [0.15, 0.2) is 17.2 Å². The minimum atomic E-state index is -2.88. The third-order valence-corrected chi connectivity index (χ3v) is 6.38. The molecule has 13 heteroatoms. The zero-order chi connectivity index (χ0) is 27.9. The third kappa shape index (κ3) is 5.39. The molecule has 0 spiro atoms. The molecule has 0 radical (unpaired) electrons. The Labute approximate surface area is 223 Å². The van der Waals surface area contributed by atoms with Crippen molar-refractivity contribution in [2.75, 3.05) is 23.8 Å². The van der Waals surface area contributed by atoms with Crippen molar-refractivity contribution in [3.63, 3.8) is 0 Å². The van der Waals surface area contributed by atoms with Crippen LogP contribution in [0.3, 0.4) is 0 Å². The van der Waals surface area contributed by atoms with Gasteiger partial charge in [-0.15, -0.1) is 0 Å².